The summed E-state index contributed by atoms with van der Waals surface area (Å²) < 4.78 is 4.88. The van der Waals surface area contributed by atoms with Crippen molar-refractivity contribution in [1.29, 1.82) is 0 Å². The van der Waals surface area contributed by atoms with E-state index in [-0.39, 0.29) is 19.2 Å². The van der Waals surface area contributed by atoms with E-state index >= 15 is 0 Å². The third-order valence-electron chi connectivity index (χ3n) is 4.10. The smallest absolute Gasteiger partial charge is 0.305 e. The molecule has 0 amide bonds. The minimum atomic E-state index is -0.974. The summed E-state index contributed by atoms with van der Waals surface area (Å²) in [4.78, 5) is 15.2. The first kappa shape index (κ1) is 24.1. The maximum absolute atomic E-state index is 11.4. The Balaban J connectivity index is 3.26. The van der Waals surface area contributed by atoms with Crippen molar-refractivity contribution < 1.29 is 24.8 Å². The minimum Gasteiger partial charge on any atom is -0.463 e. The summed E-state index contributed by atoms with van der Waals surface area (Å²) in [6.45, 7) is 1.86. The molecule has 5 nitrogen and oxygen atoms in total. The molecule has 25 heavy (non-hydrogen) atoms. The van der Waals surface area contributed by atoms with Gasteiger partial charge in [0.15, 0.2) is 0 Å². The Kier molecular flexibility index (Phi) is 18.7. The number of esters is 1. The van der Waals surface area contributed by atoms with Crippen LogP contribution in [-0.4, -0.2) is 35.7 Å². The number of carbonyl (C=O) groups excluding carboxylic acids is 1. The zero-order valence-corrected chi connectivity index (χ0v) is 16.0. The first-order chi connectivity index (χ1) is 12.2. The largest absolute Gasteiger partial charge is 0.463 e. The van der Waals surface area contributed by atoms with Crippen LogP contribution in [0.4, 0.5) is 0 Å². The van der Waals surface area contributed by atoms with Crippen molar-refractivity contribution in [1.82, 2.24) is 0 Å². The summed E-state index contributed by atoms with van der Waals surface area (Å²) in [5.74, 6) is -0.307. The molecule has 148 valence electrons. The van der Waals surface area contributed by atoms with E-state index in [4.69, 9.17) is 9.99 Å². The molecule has 0 aliphatic rings. The van der Waals surface area contributed by atoms with E-state index in [1.54, 1.807) is 0 Å². The topological polar surface area (TPSA) is 76.0 Å². The third-order valence-corrected chi connectivity index (χ3v) is 4.10. The normalized spacial score (nSPS) is 12.6. The highest BCUT2D eigenvalue weighted by Crippen LogP contribution is 2.09. The number of hydrogen-bond acceptors (Lipinski definition) is 5. The average Bonchev–Trinajstić information content (AvgIpc) is 2.60. The van der Waals surface area contributed by atoms with Crippen molar-refractivity contribution >= 4 is 5.97 Å². The van der Waals surface area contributed by atoms with E-state index < -0.39 is 6.10 Å². The van der Waals surface area contributed by atoms with Gasteiger partial charge < -0.3 is 9.84 Å². The lowest BCUT2D eigenvalue weighted by Gasteiger charge is -2.09. The van der Waals surface area contributed by atoms with Crippen molar-refractivity contribution in [3.63, 3.8) is 0 Å². The Bertz CT molecular complexity index is 317. The van der Waals surface area contributed by atoms with Gasteiger partial charge in [0.05, 0.1) is 0 Å². The Morgan fingerprint density at radius 3 is 2.04 bits per heavy atom. The summed E-state index contributed by atoms with van der Waals surface area (Å²) in [6, 6.07) is 0. The van der Waals surface area contributed by atoms with Gasteiger partial charge in [-0.15, -0.1) is 0 Å². The molecular weight excluding hydrogens is 320 g/mol. The number of allylic oxidation sites excluding steroid dienone is 2. The fourth-order valence-corrected chi connectivity index (χ4v) is 2.56. The van der Waals surface area contributed by atoms with Gasteiger partial charge in [-0.25, -0.2) is 4.89 Å². The van der Waals surface area contributed by atoms with Gasteiger partial charge in [-0.1, -0.05) is 64.0 Å². The molecule has 1 unspecified atom stereocenters. The lowest BCUT2D eigenvalue weighted by Crippen LogP contribution is -2.23. The molecule has 0 spiro atoms. The van der Waals surface area contributed by atoms with Crippen LogP contribution >= 0.6 is 0 Å². The molecule has 0 rings (SSSR count). The number of ether oxygens (including phenoxy) is 1. The maximum Gasteiger partial charge on any atom is 0.305 e. The number of aliphatic hydroxyl groups excluding tert-OH is 1. The van der Waals surface area contributed by atoms with E-state index in [2.05, 4.69) is 24.0 Å². The number of hydrogen-bond donors (Lipinski definition) is 2. The Morgan fingerprint density at radius 1 is 0.880 bits per heavy atom. The molecule has 0 bridgehead atoms. The van der Waals surface area contributed by atoms with Gasteiger partial charge in [-0.2, -0.15) is 0 Å². The van der Waals surface area contributed by atoms with E-state index in [1.165, 1.54) is 51.4 Å². The van der Waals surface area contributed by atoms with Gasteiger partial charge in [0.25, 0.3) is 0 Å². The van der Waals surface area contributed by atoms with Gasteiger partial charge >= 0.3 is 5.97 Å². The van der Waals surface area contributed by atoms with Gasteiger partial charge in [0, 0.05) is 6.42 Å². The molecule has 0 aliphatic heterocycles. The molecule has 1 atom stereocenters. The van der Waals surface area contributed by atoms with E-state index in [0.29, 0.717) is 6.42 Å². The first-order valence-corrected chi connectivity index (χ1v) is 9.95. The standard InChI is InChI=1S/C20H38O5/c1-2-3-4-5-6-7-8-9-10-11-12-13-14-15-16-20(22)24-17-19(21)18-25-23/h8-9,19,21,23H,2-7,10-18H2,1H3/b9-8-. The Morgan fingerprint density at radius 2 is 1.44 bits per heavy atom. The molecule has 0 aromatic carbocycles. The summed E-state index contributed by atoms with van der Waals surface area (Å²) in [5, 5.41) is 17.4. The monoisotopic (exact) mass is 358 g/mol. The van der Waals surface area contributed by atoms with Gasteiger partial charge in [-0.05, 0) is 32.1 Å². The first-order valence-electron chi connectivity index (χ1n) is 9.95. The second kappa shape index (κ2) is 19.4. The molecule has 0 heterocycles. The third kappa shape index (κ3) is 19.3. The predicted molar refractivity (Wildman–Crippen MR) is 100 cm³/mol. The molecule has 0 fully saturated rings. The number of carbonyl (C=O) groups is 1. The van der Waals surface area contributed by atoms with Crippen LogP contribution in [0.2, 0.25) is 0 Å². The van der Waals surface area contributed by atoms with Crippen LogP contribution in [-0.2, 0) is 14.4 Å². The van der Waals surface area contributed by atoms with Crippen LogP contribution in [0.15, 0.2) is 12.2 Å². The predicted octanol–water partition coefficient (Wildman–Crippen LogP) is 5.03. The maximum atomic E-state index is 11.4. The minimum absolute atomic E-state index is 0.135. The van der Waals surface area contributed by atoms with Crippen molar-refractivity contribution in [3.8, 4) is 0 Å². The van der Waals surface area contributed by atoms with Gasteiger partial charge in [-0.3, -0.25) is 10.1 Å². The van der Waals surface area contributed by atoms with Crippen LogP contribution in [0.3, 0.4) is 0 Å². The second-order valence-corrected chi connectivity index (χ2v) is 6.61. The zero-order chi connectivity index (χ0) is 18.6. The van der Waals surface area contributed by atoms with E-state index in [9.17, 15) is 9.90 Å². The molecule has 0 aromatic heterocycles. The summed E-state index contributed by atoms with van der Waals surface area (Å²) in [6.07, 6.45) is 18.5. The number of unbranched alkanes of at least 4 members (excludes halogenated alkanes) is 10. The van der Waals surface area contributed by atoms with Gasteiger partial charge in [0.2, 0.25) is 0 Å². The van der Waals surface area contributed by atoms with Crippen LogP contribution in [0, 0.1) is 0 Å². The zero-order valence-electron chi connectivity index (χ0n) is 16.0. The van der Waals surface area contributed by atoms with Crippen molar-refractivity contribution in [2.75, 3.05) is 13.2 Å². The highest BCUT2D eigenvalue weighted by molar-refractivity contribution is 5.69. The van der Waals surface area contributed by atoms with Crippen molar-refractivity contribution in [2.45, 2.75) is 96.5 Å². The Hall–Kier alpha value is -0.910. The van der Waals surface area contributed by atoms with Crippen LogP contribution < -0.4 is 0 Å². The lowest BCUT2D eigenvalue weighted by molar-refractivity contribution is -0.259. The number of aliphatic hydroxyl groups is 1. The fourth-order valence-electron chi connectivity index (χ4n) is 2.56. The molecule has 0 saturated carbocycles. The van der Waals surface area contributed by atoms with Crippen molar-refractivity contribution in [3.05, 3.63) is 12.2 Å². The second-order valence-electron chi connectivity index (χ2n) is 6.61. The molecule has 0 aliphatic carbocycles. The molecule has 0 radical (unpaired) electrons. The lowest BCUT2D eigenvalue weighted by atomic mass is 10.1. The van der Waals surface area contributed by atoms with E-state index in [0.717, 1.165) is 25.7 Å². The quantitative estimate of drug-likeness (QED) is 0.118. The van der Waals surface area contributed by atoms with Gasteiger partial charge in [0.1, 0.15) is 19.3 Å². The molecular formula is C20H38O5. The van der Waals surface area contributed by atoms with E-state index in [1.807, 2.05) is 0 Å². The molecule has 5 heteroatoms. The molecule has 2 N–H and O–H groups in total. The molecule has 0 aromatic rings. The Labute approximate surface area is 153 Å². The van der Waals surface area contributed by atoms with Crippen LogP contribution in [0.25, 0.3) is 0 Å². The van der Waals surface area contributed by atoms with Crippen LogP contribution in [0.5, 0.6) is 0 Å². The SMILES string of the molecule is CCCCCCC/C=C\CCCCCCCC(=O)OCC(O)COO. The summed E-state index contributed by atoms with van der Waals surface area (Å²) >= 11 is 0. The van der Waals surface area contributed by atoms with Crippen molar-refractivity contribution in [2.24, 2.45) is 0 Å². The summed E-state index contributed by atoms with van der Waals surface area (Å²) in [7, 11) is 0. The average molecular weight is 359 g/mol. The number of rotatable bonds is 18. The molecule has 0 saturated heterocycles. The highest BCUT2D eigenvalue weighted by atomic mass is 17.1. The van der Waals surface area contributed by atoms with Crippen LogP contribution in [0.1, 0.15) is 90.4 Å². The fraction of sp³-hybridized carbons (Fsp3) is 0.850. The summed E-state index contributed by atoms with van der Waals surface area (Å²) in [5.41, 5.74) is 0. The highest BCUT2D eigenvalue weighted by Gasteiger charge is 2.08.